The molecule has 17 heavy (non-hydrogen) atoms. The Balaban J connectivity index is 2.01. The van der Waals surface area contributed by atoms with Crippen molar-refractivity contribution in [3.05, 3.63) is 34.8 Å². The summed E-state index contributed by atoms with van der Waals surface area (Å²) in [4.78, 5) is 4.42. The molecule has 0 fully saturated rings. The van der Waals surface area contributed by atoms with Crippen molar-refractivity contribution >= 4 is 30.2 Å². The predicted octanol–water partition coefficient (Wildman–Crippen LogP) is 2.23. The standard InChI is InChI=1S/C14H15NOSe/c1-15(2)9-11-5-3-10-4-6-13-12(7-8-17-13)14(10)16-11/h3-8,11H,9H2,1-2H3. The van der Waals surface area contributed by atoms with Crippen molar-refractivity contribution in [2.24, 2.45) is 0 Å². The first-order chi connectivity index (χ1) is 8.24. The molecule has 3 heteroatoms. The molecule has 2 nitrogen and oxygen atoms in total. The molecule has 0 N–H and O–H groups in total. The van der Waals surface area contributed by atoms with E-state index in [4.69, 9.17) is 4.74 Å². The Hall–Kier alpha value is -1.02. The van der Waals surface area contributed by atoms with Crippen LogP contribution in [0.2, 0.25) is 0 Å². The van der Waals surface area contributed by atoms with Crippen LogP contribution in [-0.4, -0.2) is 46.1 Å². The van der Waals surface area contributed by atoms with Crippen LogP contribution in [0.1, 0.15) is 5.56 Å². The van der Waals surface area contributed by atoms with Gasteiger partial charge in [0.2, 0.25) is 0 Å². The van der Waals surface area contributed by atoms with Crippen LogP contribution in [-0.2, 0) is 0 Å². The van der Waals surface area contributed by atoms with Crippen LogP contribution >= 0.6 is 0 Å². The molecule has 1 aliphatic heterocycles. The van der Waals surface area contributed by atoms with Crippen molar-refractivity contribution < 1.29 is 4.74 Å². The zero-order chi connectivity index (χ0) is 11.8. The van der Waals surface area contributed by atoms with Crippen LogP contribution in [0.5, 0.6) is 5.75 Å². The molecule has 0 saturated carbocycles. The fraction of sp³-hybridized carbons (Fsp3) is 0.286. The molecule has 0 bridgehead atoms. The second-order valence-electron chi connectivity index (χ2n) is 4.59. The van der Waals surface area contributed by atoms with E-state index >= 15 is 0 Å². The summed E-state index contributed by atoms with van der Waals surface area (Å²) in [7, 11) is 4.15. The normalized spacial score (nSPS) is 18.4. The van der Waals surface area contributed by atoms with Gasteiger partial charge in [0, 0.05) is 0 Å². The second kappa shape index (κ2) is 4.34. The van der Waals surface area contributed by atoms with Crippen LogP contribution in [0, 0.1) is 0 Å². The number of nitrogens with zero attached hydrogens (tertiary/aromatic N) is 1. The number of rotatable bonds is 2. The predicted molar refractivity (Wildman–Crippen MR) is 72.9 cm³/mol. The summed E-state index contributed by atoms with van der Waals surface area (Å²) in [5.74, 6) is 1.08. The quantitative estimate of drug-likeness (QED) is 0.787. The first-order valence-electron chi connectivity index (χ1n) is 5.74. The van der Waals surface area contributed by atoms with Crippen molar-refractivity contribution in [3.8, 4) is 5.75 Å². The number of fused-ring (bicyclic) bond motifs is 3. The Bertz CT molecular complexity index is 571. The van der Waals surface area contributed by atoms with E-state index in [1.165, 1.54) is 15.2 Å². The molecule has 0 radical (unpaired) electrons. The van der Waals surface area contributed by atoms with E-state index in [1.807, 2.05) is 0 Å². The molecule has 3 rings (SSSR count). The summed E-state index contributed by atoms with van der Waals surface area (Å²) in [6, 6.07) is 6.61. The third-order valence-electron chi connectivity index (χ3n) is 2.92. The molecule has 2 aromatic rings. The molecule has 0 amide bonds. The van der Waals surface area contributed by atoms with Crippen molar-refractivity contribution in [1.29, 1.82) is 0 Å². The van der Waals surface area contributed by atoms with Gasteiger partial charge in [-0.2, -0.15) is 0 Å². The summed E-state index contributed by atoms with van der Waals surface area (Å²) in [6.45, 7) is 0.925. The maximum atomic E-state index is 6.12. The number of benzene rings is 1. The van der Waals surface area contributed by atoms with E-state index in [2.05, 4.69) is 54.3 Å². The van der Waals surface area contributed by atoms with Gasteiger partial charge in [0.25, 0.3) is 0 Å². The maximum absolute atomic E-state index is 6.12. The molecule has 1 aliphatic rings. The van der Waals surface area contributed by atoms with E-state index < -0.39 is 0 Å². The molecule has 0 aliphatic carbocycles. The van der Waals surface area contributed by atoms with Gasteiger partial charge < -0.3 is 0 Å². The topological polar surface area (TPSA) is 12.5 Å². The Kier molecular flexibility index (Phi) is 2.83. The van der Waals surface area contributed by atoms with Gasteiger partial charge in [0.15, 0.2) is 0 Å². The molecular weight excluding hydrogens is 277 g/mol. The van der Waals surface area contributed by atoms with Gasteiger partial charge >= 0.3 is 107 Å². The molecule has 1 atom stereocenters. The first-order valence-corrected chi connectivity index (χ1v) is 7.58. The second-order valence-corrected chi connectivity index (χ2v) is 6.58. The molecule has 1 aromatic carbocycles. The number of likely N-dealkylation sites (N-methyl/N-ethyl adjacent to an activating group) is 1. The minimum atomic E-state index is 0.172. The Morgan fingerprint density at radius 3 is 3.00 bits per heavy atom. The summed E-state index contributed by atoms with van der Waals surface area (Å²) in [6.07, 6.45) is 4.51. The molecule has 2 heterocycles. The average Bonchev–Trinajstić information content (AvgIpc) is 2.76. The van der Waals surface area contributed by atoms with E-state index in [1.54, 1.807) is 0 Å². The van der Waals surface area contributed by atoms with Crippen molar-refractivity contribution in [1.82, 2.24) is 4.90 Å². The molecule has 0 saturated heterocycles. The molecule has 88 valence electrons. The summed E-state index contributed by atoms with van der Waals surface area (Å²) < 4.78 is 7.56. The average molecular weight is 292 g/mol. The molecular formula is C14H15NOSe. The third-order valence-corrected chi connectivity index (χ3v) is 4.77. The monoisotopic (exact) mass is 293 g/mol. The van der Waals surface area contributed by atoms with Crippen molar-refractivity contribution in [2.75, 3.05) is 20.6 Å². The van der Waals surface area contributed by atoms with E-state index in [-0.39, 0.29) is 6.10 Å². The number of ether oxygens (including phenoxy) is 1. The van der Waals surface area contributed by atoms with Gasteiger partial charge in [-0.1, -0.05) is 0 Å². The van der Waals surface area contributed by atoms with Gasteiger partial charge in [-0.05, 0) is 0 Å². The number of hydrogen-bond acceptors (Lipinski definition) is 2. The third kappa shape index (κ3) is 2.06. The van der Waals surface area contributed by atoms with Gasteiger partial charge in [-0.3, -0.25) is 0 Å². The van der Waals surface area contributed by atoms with Crippen LogP contribution in [0.15, 0.2) is 29.2 Å². The summed E-state index contributed by atoms with van der Waals surface area (Å²) >= 11 is 0.492. The van der Waals surface area contributed by atoms with Gasteiger partial charge in [-0.15, -0.1) is 0 Å². The molecule has 1 unspecified atom stereocenters. The fourth-order valence-corrected chi connectivity index (χ4v) is 3.80. The van der Waals surface area contributed by atoms with E-state index in [0.717, 1.165) is 12.3 Å². The van der Waals surface area contributed by atoms with Crippen molar-refractivity contribution in [2.45, 2.75) is 6.10 Å². The van der Waals surface area contributed by atoms with Crippen LogP contribution < -0.4 is 4.74 Å². The van der Waals surface area contributed by atoms with Gasteiger partial charge in [-0.25, -0.2) is 0 Å². The van der Waals surface area contributed by atoms with E-state index in [9.17, 15) is 0 Å². The van der Waals surface area contributed by atoms with E-state index in [0.29, 0.717) is 14.5 Å². The fourth-order valence-electron chi connectivity index (χ4n) is 2.16. The molecule has 1 aromatic heterocycles. The summed E-state index contributed by atoms with van der Waals surface area (Å²) in [5, 5.41) is 1.30. The number of hydrogen-bond donors (Lipinski definition) is 0. The van der Waals surface area contributed by atoms with Crippen LogP contribution in [0.4, 0.5) is 0 Å². The van der Waals surface area contributed by atoms with Gasteiger partial charge in [0.1, 0.15) is 0 Å². The first kappa shape index (κ1) is 11.1. The SMILES string of the molecule is CN(C)CC1C=Cc2ccc3[se]ccc3c2O1. The van der Waals surface area contributed by atoms with Crippen LogP contribution in [0.3, 0.4) is 0 Å². The molecule has 0 spiro atoms. The van der Waals surface area contributed by atoms with Crippen molar-refractivity contribution in [3.63, 3.8) is 0 Å². The zero-order valence-corrected chi connectivity index (χ0v) is 11.7. The minimum absolute atomic E-state index is 0.172. The Morgan fingerprint density at radius 2 is 2.18 bits per heavy atom. The Morgan fingerprint density at radius 1 is 1.29 bits per heavy atom. The summed E-state index contributed by atoms with van der Waals surface area (Å²) in [5.41, 5.74) is 1.21. The van der Waals surface area contributed by atoms with Crippen LogP contribution in [0.25, 0.3) is 15.7 Å². The van der Waals surface area contributed by atoms with Gasteiger partial charge in [0.05, 0.1) is 0 Å². The Labute approximate surface area is 107 Å². The zero-order valence-electron chi connectivity index (χ0n) is 10.0.